The lowest BCUT2D eigenvalue weighted by Gasteiger charge is -2.09. The molecule has 0 aliphatic heterocycles. The molecule has 0 N–H and O–H groups in total. The van der Waals surface area contributed by atoms with Crippen molar-refractivity contribution in [2.24, 2.45) is 0 Å². The zero-order valence-corrected chi connectivity index (χ0v) is 6.85. The molecule has 0 rings (SSSR count). The number of hydrogen-bond donors (Lipinski definition) is 0. The van der Waals surface area contributed by atoms with Crippen LogP contribution in [0.5, 0.6) is 0 Å². The third-order valence-corrected chi connectivity index (χ3v) is 0.995. The molecule has 60 valence electrons. The molecule has 0 aliphatic carbocycles. The maximum atomic E-state index is 10.2. The fourth-order valence-electron chi connectivity index (χ4n) is 0.390. The van der Waals surface area contributed by atoms with Gasteiger partial charge in [0.1, 0.15) is 12.7 Å². The van der Waals surface area contributed by atoms with E-state index in [-0.39, 0.29) is 24.7 Å². The molecule has 0 fully saturated rings. The molecule has 0 saturated heterocycles. The molecule has 0 aromatic carbocycles. The average molecular weight is 167 g/mol. The molecule has 0 amide bonds. The molecule has 3 nitrogen and oxygen atoms in total. The van der Waals surface area contributed by atoms with Gasteiger partial charge in [-0.15, -0.1) is 0 Å². The minimum absolute atomic E-state index is 0.124. The maximum absolute atomic E-state index is 10.2. The Hall–Kier alpha value is -0.280. The van der Waals surface area contributed by atoms with Gasteiger partial charge in [0.05, 0.1) is 6.10 Å². The summed E-state index contributed by atoms with van der Waals surface area (Å²) >= 11 is 5.25. The lowest BCUT2D eigenvalue weighted by Crippen LogP contribution is -2.17. The van der Waals surface area contributed by atoms with Crippen molar-refractivity contribution in [1.29, 1.82) is 0 Å². The second-order valence-corrected chi connectivity index (χ2v) is 2.11. The van der Waals surface area contributed by atoms with Crippen LogP contribution in [0.25, 0.3) is 0 Å². The summed E-state index contributed by atoms with van der Waals surface area (Å²) in [6, 6.07) is 0.127. The van der Waals surface area contributed by atoms with Crippen molar-refractivity contribution in [3.05, 3.63) is 0 Å². The molecule has 0 spiro atoms. The van der Waals surface area contributed by atoms with Crippen LogP contribution in [0, 0.1) is 0 Å². The molecule has 0 aromatic heterocycles. The molecule has 4 heteroatoms. The Morgan fingerprint density at radius 1 is 1.70 bits per heavy atom. The number of hydrogen-bond acceptors (Lipinski definition) is 3. The van der Waals surface area contributed by atoms with E-state index >= 15 is 0 Å². The van der Waals surface area contributed by atoms with Crippen LogP contribution < -0.4 is 0 Å². The van der Waals surface area contributed by atoms with Crippen LogP contribution in [0.2, 0.25) is 0 Å². The van der Waals surface area contributed by atoms with Crippen molar-refractivity contribution in [2.45, 2.75) is 20.0 Å². The van der Waals surface area contributed by atoms with Crippen LogP contribution >= 0.6 is 11.6 Å². The van der Waals surface area contributed by atoms with E-state index in [1.54, 1.807) is 6.92 Å². The Bertz CT molecular complexity index is 105. The van der Waals surface area contributed by atoms with Crippen LogP contribution in [0.15, 0.2) is 0 Å². The molecule has 0 radical (unpaired) electrons. The molecular formula is C6H11ClO3. The van der Waals surface area contributed by atoms with Gasteiger partial charge in [-0.3, -0.25) is 4.79 Å². The van der Waals surface area contributed by atoms with Gasteiger partial charge in [-0.2, -0.15) is 0 Å². The van der Waals surface area contributed by atoms with Crippen LogP contribution in [-0.2, 0) is 14.3 Å². The van der Waals surface area contributed by atoms with Crippen molar-refractivity contribution < 1.29 is 14.3 Å². The van der Waals surface area contributed by atoms with Gasteiger partial charge in [-0.25, -0.2) is 0 Å². The molecular weight excluding hydrogens is 156 g/mol. The van der Waals surface area contributed by atoms with Gasteiger partial charge in [0, 0.05) is 6.92 Å². The SMILES string of the molecule is CC(=O)OCC(C)OCCl. The number of halogens is 1. The highest BCUT2D eigenvalue weighted by Gasteiger charge is 2.02. The van der Waals surface area contributed by atoms with Gasteiger partial charge in [0.25, 0.3) is 0 Å². The monoisotopic (exact) mass is 166 g/mol. The summed E-state index contributed by atoms with van der Waals surface area (Å²) in [5, 5.41) is 0. The van der Waals surface area contributed by atoms with E-state index < -0.39 is 0 Å². The normalized spacial score (nSPS) is 12.7. The van der Waals surface area contributed by atoms with E-state index in [1.807, 2.05) is 0 Å². The summed E-state index contributed by atoms with van der Waals surface area (Å²) in [5.74, 6) is -0.301. The quantitative estimate of drug-likeness (QED) is 0.464. The number of esters is 1. The zero-order chi connectivity index (χ0) is 7.98. The topological polar surface area (TPSA) is 35.5 Å². The number of ether oxygens (including phenoxy) is 2. The first kappa shape index (κ1) is 9.72. The van der Waals surface area contributed by atoms with E-state index in [9.17, 15) is 4.79 Å². The number of carbonyl (C=O) groups excluding carboxylic acids is 1. The largest absolute Gasteiger partial charge is 0.463 e. The highest BCUT2D eigenvalue weighted by atomic mass is 35.5. The van der Waals surface area contributed by atoms with Gasteiger partial charge in [0.15, 0.2) is 0 Å². The third kappa shape index (κ3) is 5.85. The highest BCUT2D eigenvalue weighted by molar-refractivity contribution is 6.17. The standard InChI is InChI=1S/C6H11ClO3/c1-5(10-4-7)3-9-6(2)8/h5H,3-4H2,1-2H3. The van der Waals surface area contributed by atoms with E-state index in [0.29, 0.717) is 0 Å². The van der Waals surface area contributed by atoms with Gasteiger partial charge in [0.2, 0.25) is 0 Å². The summed E-state index contributed by atoms with van der Waals surface area (Å²) in [4.78, 5) is 10.2. The second kappa shape index (κ2) is 5.50. The van der Waals surface area contributed by atoms with E-state index in [2.05, 4.69) is 4.74 Å². The van der Waals surface area contributed by atoms with Gasteiger partial charge >= 0.3 is 5.97 Å². The molecule has 0 aliphatic rings. The van der Waals surface area contributed by atoms with Gasteiger partial charge in [-0.1, -0.05) is 11.6 Å². The summed E-state index contributed by atoms with van der Waals surface area (Å²) < 4.78 is 9.51. The smallest absolute Gasteiger partial charge is 0.302 e. The summed E-state index contributed by atoms with van der Waals surface area (Å²) in [7, 11) is 0. The van der Waals surface area contributed by atoms with Gasteiger partial charge in [-0.05, 0) is 6.92 Å². The molecule has 1 unspecified atom stereocenters. The van der Waals surface area contributed by atoms with E-state index in [0.717, 1.165) is 0 Å². The Labute approximate surface area is 65.3 Å². The molecule has 0 bridgehead atoms. The molecule has 0 saturated carbocycles. The lowest BCUT2D eigenvalue weighted by molar-refractivity contribution is -0.144. The Kier molecular flexibility index (Phi) is 5.35. The van der Waals surface area contributed by atoms with Crippen molar-refractivity contribution >= 4 is 17.6 Å². The van der Waals surface area contributed by atoms with Crippen LogP contribution in [0.4, 0.5) is 0 Å². The molecule has 10 heavy (non-hydrogen) atoms. The van der Waals surface area contributed by atoms with Crippen LogP contribution in [-0.4, -0.2) is 24.7 Å². The Morgan fingerprint density at radius 3 is 2.70 bits per heavy atom. The summed E-state index contributed by atoms with van der Waals surface area (Å²) in [6.07, 6.45) is -0.124. The highest BCUT2D eigenvalue weighted by Crippen LogP contribution is 1.93. The van der Waals surface area contributed by atoms with Crippen LogP contribution in [0.1, 0.15) is 13.8 Å². The maximum Gasteiger partial charge on any atom is 0.302 e. The number of carbonyl (C=O) groups is 1. The van der Waals surface area contributed by atoms with E-state index in [4.69, 9.17) is 16.3 Å². The summed E-state index contributed by atoms with van der Waals surface area (Å²) in [6.45, 7) is 3.40. The molecule has 0 aromatic rings. The zero-order valence-electron chi connectivity index (χ0n) is 6.09. The first-order chi connectivity index (χ1) is 4.66. The Balaban J connectivity index is 3.21. The predicted molar refractivity (Wildman–Crippen MR) is 37.9 cm³/mol. The molecule has 0 heterocycles. The minimum atomic E-state index is -0.301. The number of alkyl halides is 1. The number of rotatable bonds is 4. The van der Waals surface area contributed by atoms with Crippen molar-refractivity contribution in [1.82, 2.24) is 0 Å². The fourth-order valence-corrected chi connectivity index (χ4v) is 0.605. The first-order valence-corrected chi connectivity index (χ1v) is 3.51. The molecule has 1 atom stereocenters. The Morgan fingerprint density at radius 2 is 2.30 bits per heavy atom. The van der Waals surface area contributed by atoms with Crippen molar-refractivity contribution in [3.8, 4) is 0 Å². The average Bonchev–Trinajstić information content (AvgIpc) is 1.85. The van der Waals surface area contributed by atoms with Crippen molar-refractivity contribution in [3.63, 3.8) is 0 Å². The lowest BCUT2D eigenvalue weighted by atomic mass is 10.4. The first-order valence-electron chi connectivity index (χ1n) is 2.97. The fraction of sp³-hybridized carbons (Fsp3) is 0.833. The predicted octanol–water partition coefficient (Wildman–Crippen LogP) is 1.15. The van der Waals surface area contributed by atoms with Crippen molar-refractivity contribution in [2.75, 3.05) is 12.7 Å². The summed E-state index contributed by atoms with van der Waals surface area (Å²) in [5.41, 5.74) is 0. The van der Waals surface area contributed by atoms with E-state index in [1.165, 1.54) is 6.92 Å². The third-order valence-electron chi connectivity index (χ3n) is 0.869. The van der Waals surface area contributed by atoms with Crippen LogP contribution in [0.3, 0.4) is 0 Å². The minimum Gasteiger partial charge on any atom is -0.463 e. The second-order valence-electron chi connectivity index (χ2n) is 1.89. The van der Waals surface area contributed by atoms with Gasteiger partial charge < -0.3 is 9.47 Å².